The lowest BCUT2D eigenvalue weighted by atomic mass is 9.84. The third-order valence-corrected chi connectivity index (χ3v) is 3.63. The van der Waals surface area contributed by atoms with Crippen LogP contribution in [0.15, 0.2) is 24.3 Å². The quantitative estimate of drug-likeness (QED) is 0.864. The fraction of sp³-hybridized carbons (Fsp3) is 0.600. The molecule has 0 heterocycles. The van der Waals surface area contributed by atoms with E-state index in [1.165, 1.54) is 37.7 Å². The van der Waals surface area contributed by atoms with Crippen molar-refractivity contribution in [3.05, 3.63) is 29.8 Å². The molecule has 0 spiro atoms. The summed E-state index contributed by atoms with van der Waals surface area (Å²) in [6, 6.07) is 8.59. The third-order valence-electron chi connectivity index (χ3n) is 3.63. The molecule has 1 aliphatic carbocycles. The smallest absolute Gasteiger partial charge is 0.119 e. The highest BCUT2D eigenvalue weighted by atomic mass is 16.5. The summed E-state index contributed by atoms with van der Waals surface area (Å²) in [5.74, 6) is 1.70. The highest BCUT2D eigenvalue weighted by Gasteiger charge is 2.15. The monoisotopic (exact) mass is 233 g/mol. The van der Waals surface area contributed by atoms with E-state index in [1.807, 2.05) is 6.92 Å². The molecule has 0 saturated heterocycles. The average molecular weight is 233 g/mol. The number of hydrogen-bond acceptors (Lipinski definition) is 2. The maximum Gasteiger partial charge on any atom is 0.119 e. The van der Waals surface area contributed by atoms with Gasteiger partial charge in [0, 0.05) is 6.54 Å². The molecular formula is C15H23NO. The predicted molar refractivity (Wildman–Crippen MR) is 71.4 cm³/mol. The van der Waals surface area contributed by atoms with Crippen molar-refractivity contribution in [1.29, 1.82) is 0 Å². The van der Waals surface area contributed by atoms with Crippen LogP contribution in [0.1, 0.15) is 50.5 Å². The van der Waals surface area contributed by atoms with Crippen molar-refractivity contribution < 1.29 is 4.74 Å². The largest absolute Gasteiger partial charge is 0.489 e. The lowest BCUT2D eigenvalue weighted by Crippen LogP contribution is -2.22. The maximum absolute atomic E-state index is 5.68. The van der Waals surface area contributed by atoms with Crippen molar-refractivity contribution in [3.8, 4) is 5.75 Å². The van der Waals surface area contributed by atoms with Crippen molar-refractivity contribution in [1.82, 2.24) is 0 Å². The summed E-state index contributed by atoms with van der Waals surface area (Å²) in [4.78, 5) is 0. The fourth-order valence-corrected chi connectivity index (χ4v) is 2.53. The van der Waals surface area contributed by atoms with Gasteiger partial charge in [0.2, 0.25) is 0 Å². The van der Waals surface area contributed by atoms with E-state index < -0.39 is 0 Å². The first-order valence-electron chi connectivity index (χ1n) is 6.76. The summed E-state index contributed by atoms with van der Waals surface area (Å²) < 4.78 is 5.68. The molecule has 1 atom stereocenters. The average Bonchev–Trinajstić information content (AvgIpc) is 2.40. The van der Waals surface area contributed by atoms with E-state index in [1.54, 1.807) is 0 Å². The zero-order valence-electron chi connectivity index (χ0n) is 10.7. The first-order chi connectivity index (χ1) is 8.29. The van der Waals surface area contributed by atoms with E-state index in [4.69, 9.17) is 10.5 Å². The second kappa shape index (κ2) is 6.06. The van der Waals surface area contributed by atoms with Crippen LogP contribution in [0.3, 0.4) is 0 Å². The Labute approximate surface area is 104 Å². The van der Waals surface area contributed by atoms with Gasteiger partial charge in [-0.25, -0.2) is 0 Å². The number of benzene rings is 1. The van der Waals surface area contributed by atoms with Gasteiger partial charge in [-0.05, 0) is 43.4 Å². The van der Waals surface area contributed by atoms with E-state index >= 15 is 0 Å². The molecule has 0 bridgehead atoms. The minimum absolute atomic E-state index is 0.0931. The van der Waals surface area contributed by atoms with Gasteiger partial charge in [-0.1, -0.05) is 31.4 Å². The number of rotatable bonds is 4. The Morgan fingerprint density at radius 3 is 2.41 bits per heavy atom. The SMILES string of the molecule is CC(CN)Oc1ccc(C2CCCCC2)cc1. The lowest BCUT2D eigenvalue weighted by Gasteiger charge is -2.22. The molecule has 0 amide bonds. The summed E-state index contributed by atoms with van der Waals surface area (Å²) in [5.41, 5.74) is 7.01. The molecule has 0 aliphatic heterocycles. The minimum Gasteiger partial charge on any atom is -0.489 e. The molecule has 1 fully saturated rings. The van der Waals surface area contributed by atoms with Gasteiger partial charge in [0.05, 0.1) is 0 Å². The van der Waals surface area contributed by atoms with Gasteiger partial charge < -0.3 is 10.5 Å². The molecule has 2 nitrogen and oxygen atoms in total. The molecule has 1 aliphatic rings. The lowest BCUT2D eigenvalue weighted by molar-refractivity contribution is 0.230. The van der Waals surface area contributed by atoms with Crippen LogP contribution in [0.5, 0.6) is 5.75 Å². The molecular weight excluding hydrogens is 210 g/mol. The standard InChI is InChI=1S/C15H23NO/c1-12(11-16)17-15-9-7-14(8-10-15)13-5-3-2-4-6-13/h7-10,12-13H,2-6,11,16H2,1H3. The Morgan fingerprint density at radius 2 is 1.82 bits per heavy atom. The molecule has 1 unspecified atom stereocenters. The van der Waals surface area contributed by atoms with Gasteiger partial charge in [-0.2, -0.15) is 0 Å². The molecule has 1 aromatic carbocycles. The van der Waals surface area contributed by atoms with Crippen LogP contribution in [0.25, 0.3) is 0 Å². The molecule has 1 saturated carbocycles. The van der Waals surface area contributed by atoms with Gasteiger partial charge in [-0.3, -0.25) is 0 Å². The molecule has 94 valence electrons. The van der Waals surface area contributed by atoms with E-state index in [-0.39, 0.29) is 6.10 Å². The Balaban J connectivity index is 1.97. The molecule has 0 radical (unpaired) electrons. The number of nitrogens with two attached hydrogens (primary N) is 1. The highest BCUT2D eigenvalue weighted by molar-refractivity contribution is 5.29. The van der Waals surface area contributed by atoms with Gasteiger partial charge in [-0.15, -0.1) is 0 Å². The topological polar surface area (TPSA) is 35.2 Å². The summed E-state index contributed by atoms with van der Waals surface area (Å²) in [5, 5.41) is 0. The summed E-state index contributed by atoms with van der Waals surface area (Å²) in [6.45, 7) is 2.55. The van der Waals surface area contributed by atoms with Crippen molar-refractivity contribution >= 4 is 0 Å². The van der Waals surface area contributed by atoms with Crippen LogP contribution < -0.4 is 10.5 Å². The van der Waals surface area contributed by atoms with Crippen LogP contribution in [0.4, 0.5) is 0 Å². The Hall–Kier alpha value is -1.02. The minimum atomic E-state index is 0.0931. The van der Waals surface area contributed by atoms with Crippen LogP contribution >= 0.6 is 0 Å². The molecule has 2 heteroatoms. The van der Waals surface area contributed by atoms with Crippen LogP contribution in [-0.2, 0) is 0 Å². The van der Waals surface area contributed by atoms with Crippen LogP contribution in [-0.4, -0.2) is 12.6 Å². The van der Waals surface area contributed by atoms with Gasteiger partial charge in [0.1, 0.15) is 11.9 Å². The van der Waals surface area contributed by atoms with Crippen molar-refractivity contribution in [2.45, 2.75) is 51.0 Å². The second-order valence-corrected chi connectivity index (χ2v) is 5.07. The van der Waals surface area contributed by atoms with Crippen molar-refractivity contribution in [2.75, 3.05) is 6.54 Å². The van der Waals surface area contributed by atoms with Crippen molar-refractivity contribution in [2.24, 2.45) is 5.73 Å². The maximum atomic E-state index is 5.68. The van der Waals surface area contributed by atoms with Gasteiger partial charge in [0.15, 0.2) is 0 Å². The van der Waals surface area contributed by atoms with Crippen molar-refractivity contribution in [3.63, 3.8) is 0 Å². The van der Waals surface area contributed by atoms with E-state index in [2.05, 4.69) is 24.3 Å². The third kappa shape index (κ3) is 3.47. The highest BCUT2D eigenvalue weighted by Crippen LogP contribution is 2.33. The zero-order chi connectivity index (χ0) is 12.1. The first kappa shape index (κ1) is 12.4. The van der Waals surface area contributed by atoms with E-state index in [0.29, 0.717) is 6.54 Å². The predicted octanol–water partition coefficient (Wildman–Crippen LogP) is 3.46. The summed E-state index contributed by atoms with van der Waals surface area (Å²) >= 11 is 0. The Kier molecular flexibility index (Phi) is 4.43. The first-order valence-corrected chi connectivity index (χ1v) is 6.76. The second-order valence-electron chi connectivity index (χ2n) is 5.07. The molecule has 2 rings (SSSR count). The van der Waals surface area contributed by atoms with E-state index in [9.17, 15) is 0 Å². The molecule has 2 N–H and O–H groups in total. The molecule has 1 aromatic rings. The van der Waals surface area contributed by atoms with E-state index in [0.717, 1.165) is 11.7 Å². The van der Waals surface area contributed by atoms with Gasteiger partial charge in [0.25, 0.3) is 0 Å². The Morgan fingerprint density at radius 1 is 1.18 bits per heavy atom. The fourth-order valence-electron chi connectivity index (χ4n) is 2.53. The normalized spacial score (nSPS) is 18.9. The Bertz CT molecular complexity index is 327. The number of ether oxygens (including phenoxy) is 1. The van der Waals surface area contributed by atoms with Gasteiger partial charge >= 0.3 is 0 Å². The zero-order valence-corrected chi connectivity index (χ0v) is 10.7. The molecule has 17 heavy (non-hydrogen) atoms. The van der Waals surface area contributed by atoms with Crippen LogP contribution in [0.2, 0.25) is 0 Å². The molecule has 0 aromatic heterocycles. The van der Waals surface area contributed by atoms with Crippen LogP contribution in [0, 0.1) is 0 Å². The summed E-state index contributed by atoms with van der Waals surface area (Å²) in [6.07, 6.45) is 6.96. The summed E-state index contributed by atoms with van der Waals surface area (Å²) in [7, 11) is 0. The number of hydrogen-bond donors (Lipinski definition) is 1.